The van der Waals surface area contributed by atoms with E-state index in [0.717, 1.165) is 51.4 Å². The molecule has 3 fully saturated rings. The predicted molar refractivity (Wildman–Crippen MR) is 97.4 cm³/mol. The maximum absolute atomic E-state index is 12.5. The molecule has 0 radical (unpaired) electrons. The van der Waals surface area contributed by atoms with Crippen molar-refractivity contribution in [2.75, 3.05) is 0 Å². The Balaban J connectivity index is 1.74. The van der Waals surface area contributed by atoms with Crippen molar-refractivity contribution in [1.29, 1.82) is 0 Å². The van der Waals surface area contributed by atoms with E-state index in [1.54, 1.807) is 0 Å². The Kier molecular flexibility index (Phi) is 4.03. The van der Waals surface area contributed by atoms with E-state index in [2.05, 4.69) is 33.6 Å². The first-order valence-electron chi connectivity index (χ1n) is 9.37. The molecule has 0 N–H and O–H groups in total. The number of carbonyl (C=O) groups excluding carboxylic acids is 2. The van der Waals surface area contributed by atoms with E-state index in [-0.39, 0.29) is 10.8 Å². The highest BCUT2D eigenvalue weighted by Crippen LogP contribution is 2.65. The Morgan fingerprint density at radius 3 is 2.75 bits per heavy atom. The summed E-state index contributed by atoms with van der Waals surface area (Å²) in [6.45, 7) is 2.23. The lowest BCUT2D eigenvalue weighted by atomic mass is 9.46. The molecule has 0 aromatic carbocycles. The smallest absolute Gasteiger partial charge is 0.155 e. The number of hydrogen-bond acceptors (Lipinski definition) is 2. The second-order valence-electron chi connectivity index (χ2n) is 8.57. The molecule has 0 aromatic rings. The van der Waals surface area contributed by atoms with E-state index >= 15 is 0 Å². The number of Topliss-reactive ketones (excluding diaryl/α,β-unsaturated/α-hetero) is 1. The highest BCUT2D eigenvalue weighted by Gasteiger charge is 2.59. The summed E-state index contributed by atoms with van der Waals surface area (Å²) >= 11 is 3.26. The normalized spacial score (nSPS) is 43.9. The quantitative estimate of drug-likeness (QED) is 0.603. The second-order valence-corrected chi connectivity index (χ2v) is 8.97. The fraction of sp³-hybridized carbons (Fsp3) is 0.714. The number of halogens is 1. The molecule has 128 valence electrons. The molecule has 0 heterocycles. The van der Waals surface area contributed by atoms with Crippen molar-refractivity contribution < 1.29 is 9.59 Å². The van der Waals surface area contributed by atoms with Gasteiger partial charge in [0.25, 0.3) is 0 Å². The summed E-state index contributed by atoms with van der Waals surface area (Å²) in [5.41, 5.74) is 1.38. The monoisotopic (exact) mass is 388 g/mol. The summed E-state index contributed by atoms with van der Waals surface area (Å²) in [4.78, 5) is 27.4. The van der Waals surface area contributed by atoms with Crippen molar-refractivity contribution in [3.63, 3.8) is 0 Å². The lowest BCUT2D eigenvalue weighted by Gasteiger charge is -2.57. The third-order valence-corrected chi connectivity index (χ3v) is 8.15. The Morgan fingerprint density at radius 1 is 1.12 bits per heavy atom. The Hall–Kier alpha value is -0.880. The molecule has 5 atom stereocenters. The number of allylic oxidation sites excluding steroid dienone is 1. The van der Waals surface area contributed by atoms with Crippen LogP contribution in [0, 0.1) is 39.3 Å². The van der Waals surface area contributed by atoms with Gasteiger partial charge in [-0.25, -0.2) is 0 Å². The largest absolute Gasteiger partial charge is 0.299 e. The first kappa shape index (κ1) is 16.6. The summed E-state index contributed by atoms with van der Waals surface area (Å²) in [5, 5.41) is 0. The van der Waals surface area contributed by atoms with Crippen LogP contribution in [0.3, 0.4) is 0 Å². The SMILES string of the molecule is C[C@]12CC[C@H]3[C@@H](CCC4=CC(=O)CC[C@@]43CC#CBr)[C@@H]1CCC2=O. The molecule has 0 spiro atoms. The van der Waals surface area contributed by atoms with Gasteiger partial charge in [0.2, 0.25) is 0 Å². The van der Waals surface area contributed by atoms with Gasteiger partial charge >= 0.3 is 0 Å². The van der Waals surface area contributed by atoms with E-state index in [1.807, 2.05) is 6.08 Å². The van der Waals surface area contributed by atoms with E-state index in [4.69, 9.17) is 0 Å². The fourth-order valence-electron chi connectivity index (χ4n) is 6.66. The summed E-state index contributed by atoms with van der Waals surface area (Å²) < 4.78 is 0. The Labute approximate surface area is 153 Å². The van der Waals surface area contributed by atoms with E-state index in [1.165, 1.54) is 5.57 Å². The number of fused-ring (bicyclic) bond motifs is 5. The van der Waals surface area contributed by atoms with Crippen LogP contribution < -0.4 is 0 Å². The van der Waals surface area contributed by atoms with Gasteiger partial charge in [-0.15, -0.1) is 0 Å². The topological polar surface area (TPSA) is 34.1 Å². The average molecular weight is 389 g/mol. The number of carbonyl (C=O) groups is 2. The number of hydrogen-bond donors (Lipinski definition) is 0. The van der Waals surface area contributed by atoms with Gasteiger partial charge in [0.15, 0.2) is 5.78 Å². The van der Waals surface area contributed by atoms with Gasteiger partial charge in [-0.2, -0.15) is 0 Å². The molecule has 4 aliphatic rings. The van der Waals surface area contributed by atoms with Crippen molar-refractivity contribution in [3.05, 3.63) is 11.6 Å². The molecule has 0 saturated heterocycles. The highest BCUT2D eigenvalue weighted by molar-refractivity contribution is 9.12. The minimum atomic E-state index is -0.0742. The van der Waals surface area contributed by atoms with E-state index in [9.17, 15) is 9.59 Å². The van der Waals surface area contributed by atoms with Gasteiger partial charge in [0.05, 0.1) is 0 Å². The van der Waals surface area contributed by atoms with Crippen LogP contribution in [0.5, 0.6) is 0 Å². The van der Waals surface area contributed by atoms with Gasteiger partial charge in [-0.3, -0.25) is 9.59 Å². The van der Waals surface area contributed by atoms with Gasteiger partial charge in [-0.05, 0) is 67.2 Å². The molecule has 2 nitrogen and oxygen atoms in total. The molecule has 3 saturated carbocycles. The molecule has 0 unspecified atom stereocenters. The van der Waals surface area contributed by atoms with E-state index in [0.29, 0.717) is 35.7 Å². The average Bonchev–Trinajstić information content (AvgIpc) is 2.88. The molecule has 24 heavy (non-hydrogen) atoms. The van der Waals surface area contributed by atoms with Crippen molar-refractivity contribution in [1.82, 2.24) is 0 Å². The first-order chi connectivity index (χ1) is 11.5. The molecule has 3 heteroatoms. The molecule has 0 aromatic heterocycles. The number of rotatable bonds is 1. The molecule has 0 amide bonds. The van der Waals surface area contributed by atoms with Crippen LogP contribution in [0.2, 0.25) is 0 Å². The van der Waals surface area contributed by atoms with Gasteiger partial charge in [0, 0.05) is 46.0 Å². The standard InChI is InChI=1S/C21H25BrO2/c1-20-10-8-18-16(17(20)5-6-19(20)24)4-3-14-13-15(23)7-11-21(14,18)9-2-12-22/h13,16-18H,3-11H2,1H3/t16-,17-,18-,20-,21-/m0/s1. The molecule has 0 aliphatic heterocycles. The zero-order chi connectivity index (χ0) is 16.9. The van der Waals surface area contributed by atoms with Crippen LogP contribution in [0.4, 0.5) is 0 Å². The molecule has 4 aliphatic carbocycles. The van der Waals surface area contributed by atoms with E-state index < -0.39 is 0 Å². The van der Waals surface area contributed by atoms with Gasteiger partial charge in [0.1, 0.15) is 5.78 Å². The van der Waals surface area contributed by atoms with Crippen molar-refractivity contribution >= 4 is 27.5 Å². The molecule has 0 bridgehead atoms. The zero-order valence-electron chi connectivity index (χ0n) is 14.4. The highest BCUT2D eigenvalue weighted by atomic mass is 79.9. The lowest BCUT2D eigenvalue weighted by molar-refractivity contribution is -0.132. The Morgan fingerprint density at radius 2 is 1.96 bits per heavy atom. The van der Waals surface area contributed by atoms with Crippen LogP contribution in [0.1, 0.15) is 64.7 Å². The van der Waals surface area contributed by atoms with Gasteiger partial charge < -0.3 is 0 Å². The zero-order valence-corrected chi connectivity index (χ0v) is 16.0. The predicted octanol–water partition coefficient (Wildman–Crippen LogP) is 4.81. The lowest BCUT2D eigenvalue weighted by Crippen LogP contribution is -2.51. The van der Waals surface area contributed by atoms with Crippen LogP contribution in [-0.4, -0.2) is 11.6 Å². The number of ketones is 2. The van der Waals surface area contributed by atoms with Crippen LogP contribution in [0.25, 0.3) is 0 Å². The maximum Gasteiger partial charge on any atom is 0.155 e. The summed E-state index contributed by atoms with van der Waals surface area (Å²) in [7, 11) is 0. The fourth-order valence-corrected chi connectivity index (χ4v) is 6.80. The van der Waals surface area contributed by atoms with Crippen LogP contribution in [0.15, 0.2) is 11.6 Å². The van der Waals surface area contributed by atoms with Gasteiger partial charge in [-0.1, -0.05) is 18.4 Å². The third-order valence-electron chi connectivity index (χ3n) is 7.87. The van der Waals surface area contributed by atoms with Crippen molar-refractivity contribution in [2.24, 2.45) is 28.6 Å². The minimum Gasteiger partial charge on any atom is -0.299 e. The van der Waals surface area contributed by atoms with Crippen molar-refractivity contribution in [3.8, 4) is 10.8 Å². The van der Waals surface area contributed by atoms with Crippen LogP contribution >= 0.6 is 15.9 Å². The Bertz CT molecular complexity index is 682. The molecular weight excluding hydrogens is 364 g/mol. The second kappa shape index (κ2) is 5.84. The molecular formula is C21H25BrO2. The minimum absolute atomic E-state index is 0.0742. The molecule has 4 rings (SSSR count). The van der Waals surface area contributed by atoms with Crippen molar-refractivity contribution in [2.45, 2.75) is 64.7 Å². The first-order valence-corrected chi connectivity index (χ1v) is 10.2. The summed E-state index contributed by atoms with van der Waals surface area (Å²) in [6, 6.07) is 0. The summed E-state index contributed by atoms with van der Waals surface area (Å²) in [5.74, 6) is 5.86. The summed E-state index contributed by atoms with van der Waals surface area (Å²) in [6.07, 6.45) is 10.6. The third kappa shape index (κ3) is 2.22. The van der Waals surface area contributed by atoms with Crippen LogP contribution in [-0.2, 0) is 9.59 Å². The maximum atomic E-state index is 12.5.